The van der Waals surface area contributed by atoms with Crippen molar-refractivity contribution < 1.29 is 9.47 Å². The molecule has 0 aliphatic carbocycles. The molecule has 1 fully saturated rings. The van der Waals surface area contributed by atoms with Crippen LogP contribution >= 0.6 is 11.8 Å². The highest BCUT2D eigenvalue weighted by Crippen LogP contribution is 2.25. The molecule has 0 spiro atoms. The number of hydrogen-bond donors (Lipinski definition) is 0. The molecule has 130 valence electrons. The van der Waals surface area contributed by atoms with E-state index < -0.39 is 0 Å². The smallest absolute Gasteiger partial charge is 0.316 e. The van der Waals surface area contributed by atoms with E-state index in [4.69, 9.17) is 9.47 Å². The fourth-order valence-corrected chi connectivity index (χ4v) is 2.96. The lowest BCUT2D eigenvalue weighted by molar-refractivity contribution is 0.163. The lowest BCUT2D eigenvalue weighted by atomic mass is 10.1. The number of thioether (sulfide) groups is 1. The molecule has 1 unspecified atom stereocenters. The highest BCUT2D eigenvalue weighted by atomic mass is 32.2. The third-order valence-corrected chi connectivity index (χ3v) is 4.40. The van der Waals surface area contributed by atoms with Crippen molar-refractivity contribution in [1.82, 2.24) is 19.9 Å². The second-order valence-corrected chi connectivity index (χ2v) is 6.21. The summed E-state index contributed by atoms with van der Waals surface area (Å²) < 4.78 is 10.9. The zero-order chi connectivity index (χ0) is 17.6. The summed E-state index contributed by atoms with van der Waals surface area (Å²) in [6.45, 7) is 1.44. The van der Waals surface area contributed by atoms with Crippen LogP contribution in [0.5, 0.6) is 11.8 Å². The molecule has 0 amide bonds. The SMILES string of the molecule is COc1cnc(OC2CCCN(c3nc(SC)ncc3C#N)C2)nc1. The van der Waals surface area contributed by atoms with Gasteiger partial charge in [-0.15, -0.1) is 0 Å². The minimum Gasteiger partial charge on any atom is -0.494 e. The molecule has 0 N–H and O–H groups in total. The van der Waals surface area contributed by atoms with E-state index >= 15 is 0 Å². The number of nitriles is 1. The van der Waals surface area contributed by atoms with Crippen molar-refractivity contribution in [2.45, 2.75) is 24.1 Å². The minimum absolute atomic E-state index is 0.0682. The molecule has 3 heterocycles. The van der Waals surface area contributed by atoms with Crippen LogP contribution in [0.15, 0.2) is 23.7 Å². The second kappa shape index (κ2) is 7.98. The van der Waals surface area contributed by atoms with Gasteiger partial charge in [0.05, 0.1) is 32.2 Å². The first-order valence-corrected chi connectivity index (χ1v) is 9.04. The van der Waals surface area contributed by atoms with Crippen molar-refractivity contribution in [3.05, 3.63) is 24.2 Å². The molecule has 1 aliphatic heterocycles. The Morgan fingerprint density at radius 1 is 1.28 bits per heavy atom. The average Bonchev–Trinajstić information content (AvgIpc) is 2.68. The number of methoxy groups -OCH3 is 1. The van der Waals surface area contributed by atoms with Gasteiger partial charge in [-0.2, -0.15) is 15.2 Å². The quantitative estimate of drug-likeness (QED) is 0.586. The Hall–Kier alpha value is -2.60. The number of aromatic nitrogens is 4. The summed E-state index contributed by atoms with van der Waals surface area (Å²) in [7, 11) is 1.57. The maximum atomic E-state index is 9.34. The van der Waals surface area contributed by atoms with E-state index in [1.807, 2.05) is 6.26 Å². The molecule has 1 saturated heterocycles. The van der Waals surface area contributed by atoms with Crippen LogP contribution in [0.1, 0.15) is 18.4 Å². The van der Waals surface area contributed by atoms with E-state index in [9.17, 15) is 5.26 Å². The van der Waals surface area contributed by atoms with Crippen LogP contribution in [-0.2, 0) is 0 Å². The Balaban J connectivity index is 1.73. The maximum Gasteiger partial charge on any atom is 0.316 e. The second-order valence-electron chi connectivity index (χ2n) is 5.44. The number of rotatable bonds is 5. The molecule has 3 rings (SSSR count). The number of nitrogens with zero attached hydrogens (tertiary/aromatic N) is 6. The van der Waals surface area contributed by atoms with Crippen molar-refractivity contribution in [3.8, 4) is 17.8 Å². The van der Waals surface area contributed by atoms with Gasteiger partial charge in [0.1, 0.15) is 17.7 Å². The first-order valence-electron chi connectivity index (χ1n) is 7.82. The van der Waals surface area contributed by atoms with Gasteiger partial charge in [-0.05, 0) is 19.1 Å². The molecule has 9 heteroatoms. The Morgan fingerprint density at radius 2 is 2.08 bits per heavy atom. The van der Waals surface area contributed by atoms with Gasteiger partial charge in [-0.3, -0.25) is 0 Å². The summed E-state index contributed by atoms with van der Waals surface area (Å²) in [5, 5.41) is 9.99. The molecular weight excluding hydrogens is 340 g/mol. The monoisotopic (exact) mass is 358 g/mol. The van der Waals surface area contributed by atoms with Gasteiger partial charge in [0, 0.05) is 6.54 Å². The van der Waals surface area contributed by atoms with Gasteiger partial charge >= 0.3 is 6.01 Å². The first-order chi connectivity index (χ1) is 12.2. The van der Waals surface area contributed by atoms with E-state index in [1.165, 1.54) is 11.8 Å². The summed E-state index contributed by atoms with van der Waals surface area (Å²) in [6.07, 6.45) is 8.40. The average molecular weight is 358 g/mol. The van der Waals surface area contributed by atoms with Crippen molar-refractivity contribution in [2.24, 2.45) is 0 Å². The molecule has 2 aromatic heterocycles. The van der Waals surface area contributed by atoms with Crippen molar-refractivity contribution in [2.75, 3.05) is 31.4 Å². The highest BCUT2D eigenvalue weighted by Gasteiger charge is 2.25. The maximum absolute atomic E-state index is 9.34. The third kappa shape index (κ3) is 4.09. The van der Waals surface area contributed by atoms with Gasteiger partial charge in [0.25, 0.3) is 0 Å². The molecular formula is C16H18N6O2S. The summed E-state index contributed by atoms with van der Waals surface area (Å²) in [6, 6.07) is 2.49. The summed E-state index contributed by atoms with van der Waals surface area (Å²) in [5.41, 5.74) is 0.471. The first kappa shape index (κ1) is 17.2. The van der Waals surface area contributed by atoms with E-state index in [0.717, 1.165) is 19.4 Å². The van der Waals surface area contributed by atoms with Crippen LogP contribution < -0.4 is 14.4 Å². The lowest BCUT2D eigenvalue weighted by Gasteiger charge is -2.33. The fraction of sp³-hybridized carbons (Fsp3) is 0.438. The van der Waals surface area contributed by atoms with E-state index in [-0.39, 0.29) is 6.10 Å². The standard InChI is InChI=1S/C16H18N6O2S/c1-23-13-8-18-15(19-9-13)24-12-4-3-5-22(10-12)14-11(6-17)7-20-16(21-14)25-2/h7-9,12H,3-5,10H2,1-2H3. The van der Waals surface area contributed by atoms with E-state index in [1.54, 1.807) is 25.7 Å². The minimum atomic E-state index is -0.0682. The van der Waals surface area contributed by atoms with Crippen LogP contribution in [0.4, 0.5) is 5.82 Å². The Morgan fingerprint density at radius 3 is 2.76 bits per heavy atom. The van der Waals surface area contributed by atoms with E-state index in [2.05, 4.69) is 30.9 Å². The summed E-state index contributed by atoms with van der Waals surface area (Å²) in [4.78, 5) is 19.0. The predicted octanol–water partition coefficient (Wildman–Crippen LogP) is 1.92. The lowest BCUT2D eigenvalue weighted by Crippen LogP contribution is -2.42. The van der Waals surface area contributed by atoms with Crippen LogP contribution in [-0.4, -0.2) is 52.5 Å². The van der Waals surface area contributed by atoms with Gasteiger partial charge in [-0.1, -0.05) is 11.8 Å². The summed E-state index contributed by atoms with van der Waals surface area (Å²) in [5.74, 6) is 1.24. The summed E-state index contributed by atoms with van der Waals surface area (Å²) >= 11 is 1.45. The fourth-order valence-electron chi connectivity index (χ4n) is 2.62. The highest BCUT2D eigenvalue weighted by molar-refractivity contribution is 7.98. The Labute approximate surface area is 150 Å². The molecule has 2 aromatic rings. The Kier molecular flexibility index (Phi) is 5.50. The van der Waals surface area contributed by atoms with Crippen LogP contribution in [0, 0.1) is 11.3 Å². The van der Waals surface area contributed by atoms with Crippen molar-refractivity contribution in [3.63, 3.8) is 0 Å². The predicted molar refractivity (Wildman–Crippen MR) is 93.0 cm³/mol. The molecule has 25 heavy (non-hydrogen) atoms. The zero-order valence-corrected chi connectivity index (χ0v) is 14.9. The molecule has 0 aromatic carbocycles. The number of ether oxygens (including phenoxy) is 2. The van der Waals surface area contributed by atoms with Crippen molar-refractivity contribution >= 4 is 17.6 Å². The van der Waals surface area contributed by atoms with Gasteiger partial charge < -0.3 is 14.4 Å². The topological polar surface area (TPSA) is 97.0 Å². The molecule has 1 aliphatic rings. The zero-order valence-electron chi connectivity index (χ0n) is 14.0. The molecule has 8 nitrogen and oxygen atoms in total. The molecule has 0 bridgehead atoms. The molecule has 0 radical (unpaired) electrons. The number of piperidine rings is 1. The molecule has 1 atom stereocenters. The number of hydrogen-bond acceptors (Lipinski definition) is 9. The van der Waals surface area contributed by atoms with Gasteiger partial charge in [0.15, 0.2) is 16.7 Å². The van der Waals surface area contributed by atoms with Gasteiger partial charge in [0.2, 0.25) is 0 Å². The number of anilines is 1. The van der Waals surface area contributed by atoms with Crippen LogP contribution in [0.3, 0.4) is 0 Å². The van der Waals surface area contributed by atoms with Crippen LogP contribution in [0.2, 0.25) is 0 Å². The molecule has 0 saturated carbocycles. The largest absolute Gasteiger partial charge is 0.494 e. The third-order valence-electron chi connectivity index (χ3n) is 3.84. The normalized spacial score (nSPS) is 17.0. The Bertz CT molecular complexity index is 764. The van der Waals surface area contributed by atoms with E-state index in [0.29, 0.717) is 34.8 Å². The van der Waals surface area contributed by atoms with Crippen LogP contribution in [0.25, 0.3) is 0 Å². The van der Waals surface area contributed by atoms with Gasteiger partial charge in [-0.25, -0.2) is 9.97 Å². The van der Waals surface area contributed by atoms with Crippen molar-refractivity contribution in [1.29, 1.82) is 5.26 Å².